The smallest absolute Gasteiger partial charge is 0.154 e. The van der Waals surface area contributed by atoms with Gasteiger partial charge in [0.05, 0.1) is 11.3 Å². The van der Waals surface area contributed by atoms with E-state index < -0.39 is 11.6 Å². The van der Waals surface area contributed by atoms with Gasteiger partial charge in [-0.2, -0.15) is 0 Å². The fourth-order valence-corrected chi connectivity index (χ4v) is 2.47. The molecule has 2 N–H and O–H groups in total. The van der Waals surface area contributed by atoms with Crippen LogP contribution < -0.4 is 5.73 Å². The molecule has 4 heteroatoms. The zero-order valence-electron chi connectivity index (χ0n) is 8.02. The lowest BCUT2D eigenvalue weighted by Crippen LogP contribution is -1.97. The third-order valence-electron chi connectivity index (χ3n) is 2.31. The zero-order valence-corrected chi connectivity index (χ0v) is 10.2. The quantitative estimate of drug-likeness (QED) is 0.448. The molecule has 0 heterocycles. The van der Waals surface area contributed by atoms with E-state index in [0.717, 1.165) is 6.07 Å². The second kappa shape index (κ2) is 3.91. The molecule has 0 fully saturated rings. The second-order valence-corrected chi connectivity index (χ2v) is 4.41. The predicted molar refractivity (Wildman–Crippen MR) is 68.9 cm³/mol. The van der Waals surface area contributed by atoms with E-state index in [-0.39, 0.29) is 16.6 Å². The van der Waals surface area contributed by atoms with Crippen molar-refractivity contribution in [2.24, 2.45) is 0 Å². The number of terminal acetylenes is 1. The van der Waals surface area contributed by atoms with Crippen molar-refractivity contribution in [1.29, 1.82) is 0 Å². The zero-order chi connectivity index (χ0) is 11.9. The third kappa shape index (κ3) is 1.52. The van der Waals surface area contributed by atoms with Gasteiger partial charge < -0.3 is 5.73 Å². The van der Waals surface area contributed by atoms with Crippen molar-refractivity contribution < 1.29 is 8.78 Å². The Morgan fingerprint density at radius 3 is 2.62 bits per heavy atom. The minimum Gasteiger partial charge on any atom is -0.396 e. The number of benzene rings is 2. The monoisotopic (exact) mass is 329 g/mol. The fraction of sp³-hybridized carbons (Fsp3) is 0. The topological polar surface area (TPSA) is 26.0 Å². The van der Waals surface area contributed by atoms with Gasteiger partial charge in [0.2, 0.25) is 0 Å². The van der Waals surface area contributed by atoms with Crippen LogP contribution in [0.3, 0.4) is 0 Å². The normalized spacial score (nSPS) is 10.4. The summed E-state index contributed by atoms with van der Waals surface area (Å²) in [6, 6.07) is 3.94. The highest BCUT2D eigenvalue weighted by Gasteiger charge is 2.14. The first kappa shape index (κ1) is 11.1. The van der Waals surface area contributed by atoms with Gasteiger partial charge in [0.25, 0.3) is 0 Å². The Labute approximate surface area is 105 Å². The average Bonchev–Trinajstić information content (AvgIpc) is 2.25. The summed E-state index contributed by atoms with van der Waals surface area (Å²) in [6.07, 6.45) is 5.23. The van der Waals surface area contributed by atoms with E-state index >= 15 is 0 Å². The van der Waals surface area contributed by atoms with E-state index in [9.17, 15) is 8.78 Å². The van der Waals surface area contributed by atoms with Crippen LogP contribution in [0.5, 0.6) is 0 Å². The van der Waals surface area contributed by atoms with Crippen LogP contribution in [-0.4, -0.2) is 0 Å². The molecule has 2 rings (SSSR count). The SMILES string of the molecule is C#Cc1c(F)ccc2c(F)c(N)cc(I)c12. The van der Waals surface area contributed by atoms with Crippen LogP contribution in [0.25, 0.3) is 10.8 Å². The van der Waals surface area contributed by atoms with Gasteiger partial charge in [-0.25, -0.2) is 8.78 Å². The first-order valence-corrected chi connectivity index (χ1v) is 5.46. The first-order valence-electron chi connectivity index (χ1n) is 4.38. The highest BCUT2D eigenvalue weighted by Crippen LogP contribution is 2.31. The van der Waals surface area contributed by atoms with Gasteiger partial charge in [0.15, 0.2) is 5.82 Å². The second-order valence-electron chi connectivity index (χ2n) is 3.25. The molecule has 0 aliphatic heterocycles. The molecule has 0 saturated carbocycles. The molecule has 0 atom stereocenters. The van der Waals surface area contributed by atoms with Crippen LogP contribution in [0.1, 0.15) is 5.56 Å². The lowest BCUT2D eigenvalue weighted by molar-refractivity contribution is 0.624. The average molecular weight is 329 g/mol. The summed E-state index contributed by atoms with van der Waals surface area (Å²) >= 11 is 1.96. The Morgan fingerprint density at radius 2 is 2.00 bits per heavy atom. The van der Waals surface area contributed by atoms with Crippen molar-refractivity contribution in [2.45, 2.75) is 0 Å². The molecule has 0 radical (unpaired) electrons. The summed E-state index contributed by atoms with van der Waals surface area (Å²) in [6.45, 7) is 0. The minimum atomic E-state index is -0.563. The van der Waals surface area contributed by atoms with Crippen LogP contribution in [0.15, 0.2) is 18.2 Å². The summed E-state index contributed by atoms with van der Waals surface area (Å²) in [5, 5.41) is 0.647. The summed E-state index contributed by atoms with van der Waals surface area (Å²) < 4.78 is 27.8. The van der Waals surface area contributed by atoms with Crippen molar-refractivity contribution in [3.8, 4) is 12.3 Å². The summed E-state index contributed by atoms with van der Waals surface area (Å²) in [5.74, 6) is 1.14. The van der Waals surface area contributed by atoms with Crippen LogP contribution in [0, 0.1) is 27.5 Å². The summed E-state index contributed by atoms with van der Waals surface area (Å²) in [4.78, 5) is 0. The Bertz CT molecular complexity index is 629. The molecule has 16 heavy (non-hydrogen) atoms. The first-order chi connectivity index (χ1) is 7.56. The molecule has 0 amide bonds. The number of nitrogen functional groups attached to an aromatic ring is 1. The van der Waals surface area contributed by atoms with E-state index in [0.29, 0.717) is 8.96 Å². The molecule has 0 aromatic heterocycles. The number of hydrogen-bond acceptors (Lipinski definition) is 1. The molecule has 0 saturated heterocycles. The molecule has 2 aromatic rings. The van der Waals surface area contributed by atoms with Gasteiger partial charge in [0.1, 0.15) is 5.82 Å². The number of nitrogens with two attached hydrogens (primary N) is 1. The van der Waals surface area contributed by atoms with E-state index in [1.165, 1.54) is 12.1 Å². The Kier molecular flexibility index (Phi) is 2.72. The van der Waals surface area contributed by atoms with Gasteiger partial charge in [-0.05, 0) is 40.8 Å². The van der Waals surface area contributed by atoms with Crippen molar-refractivity contribution in [3.05, 3.63) is 39.0 Å². The van der Waals surface area contributed by atoms with E-state index in [2.05, 4.69) is 5.92 Å². The third-order valence-corrected chi connectivity index (χ3v) is 3.16. The van der Waals surface area contributed by atoms with Gasteiger partial charge >= 0.3 is 0 Å². The van der Waals surface area contributed by atoms with Crippen molar-refractivity contribution in [1.82, 2.24) is 0 Å². The van der Waals surface area contributed by atoms with Gasteiger partial charge in [-0.1, -0.05) is 5.92 Å². The van der Waals surface area contributed by atoms with Crippen LogP contribution >= 0.6 is 22.6 Å². The molecular formula is C12H6F2IN. The van der Waals surface area contributed by atoms with Crippen LogP contribution in [0.4, 0.5) is 14.5 Å². The van der Waals surface area contributed by atoms with Crippen molar-refractivity contribution in [3.63, 3.8) is 0 Å². The Morgan fingerprint density at radius 1 is 1.31 bits per heavy atom. The standard InChI is InChI=1S/C12H6F2IN/c1-2-6-8(13)4-3-7-11(6)9(15)5-10(16)12(7)14/h1,3-5H,16H2. The Balaban J connectivity index is 3.07. The molecule has 0 aliphatic rings. The molecule has 0 spiro atoms. The van der Waals surface area contributed by atoms with Gasteiger partial charge in [-0.3, -0.25) is 0 Å². The maximum Gasteiger partial charge on any atom is 0.154 e. The Hall–Kier alpha value is -1.35. The molecule has 80 valence electrons. The molecule has 0 unspecified atom stereocenters. The molecule has 2 aromatic carbocycles. The van der Waals surface area contributed by atoms with E-state index in [4.69, 9.17) is 12.2 Å². The van der Waals surface area contributed by atoms with Gasteiger partial charge in [0, 0.05) is 14.3 Å². The fourth-order valence-electron chi connectivity index (χ4n) is 1.58. The number of fused-ring (bicyclic) bond motifs is 1. The largest absolute Gasteiger partial charge is 0.396 e. The number of rotatable bonds is 0. The van der Waals surface area contributed by atoms with E-state index in [1.54, 1.807) is 0 Å². The van der Waals surface area contributed by atoms with Crippen molar-refractivity contribution >= 4 is 39.1 Å². The highest BCUT2D eigenvalue weighted by atomic mass is 127. The molecule has 0 bridgehead atoms. The van der Waals surface area contributed by atoms with E-state index in [1.807, 2.05) is 22.6 Å². The minimum absolute atomic E-state index is 0.0338. The predicted octanol–water partition coefficient (Wildman–Crippen LogP) is 3.29. The van der Waals surface area contributed by atoms with Crippen LogP contribution in [0.2, 0.25) is 0 Å². The van der Waals surface area contributed by atoms with Gasteiger partial charge in [-0.15, -0.1) is 6.42 Å². The number of anilines is 1. The van der Waals surface area contributed by atoms with Crippen LogP contribution in [-0.2, 0) is 0 Å². The number of halogens is 3. The lowest BCUT2D eigenvalue weighted by atomic mass is 10.0. The summed E-state index contributed by atoms with van der Waals surface area (Å²) in [7, 11) is 0. The molecule has 0 aliphatic carbocycles. The molecule has 1 nitrogen and oxygen atoms in total. The molecular weight excluding hydrogens is 323 g/mol. The maximum atomic E-state index is 13.7. The number of hydrogen-bond donors (Lipinski definition) is 1. The summed E-state index contributed by atoms with van der Waals surface area (Å²) in [5.41, 5.74) is 5.60. The lowest BCUT2D eigenvalue weighted by Gasteiger charge is -2.08. The highest BCUT2D eigenvalue weighted by molar-refractivity contribution is 14.1. The van der Waals surface area contributed by atoms with Crippen molar-refractivity contribution in [2.75, 3.05) is 5.73 Å². The maximum absolute atomic E-state index is 13.7.